The highest BCUT2D eigenvalue weighted by molar-refractivity contribution is 9.10. The zero-order valence-corrected chi connectivity index (χ0v) is 15.5. The van der Waals surface area contributed by atoms with Gasteiger partial charge in [0.15, 0.2) is 0 Å². The predicted molar refractivity (Wildman–Crippen MR) is 95.8 cm³/mol. The Hall–Kier alpha value is -0.420. The van der Waals surface area contributed by atoms with Crippen molar-refractivity contribution in [1.29, 1.82) is 0 Å². The largest absolute Gasteiger partial charge is 0.310 e. The van der Waals surface area contributed by atoms with Crippen molar-refractivity contribution in [3.63, 3.8) is 0 Å². The monoisotopic (exact) mass is 355 g/mol. The SMILES string of the molecule is CCNC(CCN(C)CCCN(C)C)c1ccc(Br)cc1. The zero-order chi connectivity index (χ0) is 15.7. The summed E-state index contributed by atoms with van der Waals surface area (Å²) in [6, 6.07) is 9.12. The molecule has 0 saturated carbocycles. The number of rotatable bonds is 10. The van der Waals surface area contributed by atoms with Crippen LogP contribution in [0.15, 0.2) is 28.7 Å². The summed E-state index contributed by atoms with van der Waals surface area (Å²) in [6.45, 7) is 6.63. The average molecular weight is 356 g/mol. The summed E-state index contributed by atoms with van der Waals surface area (Å²) in [4.78, 5) is 4.68. The van der Waals surface area contributed by atoms with Gasteiger partial charge in [0.25, 0.3) is 0 Å². The Bertz CT molecular complexity index is 378. The van der Waals surface area contributed by atoms with E-state index in [1.807, 2.05) is 0 Å². The first-order chi connectivity index (χ1) is 10.0. The Morgan fingerprint density at radius 3 is 2.29 bits per heavy atom. The first-order valence-corrected chi connectivity index (χ1v) is 8.64. The number of hydrogen-bond donors (Lipinski definition) is 1. The van der Waals surface area contributed by atoms with Gasteiger partial charge in [-0.25, -0.2) is 0 Å². The van der Waals surface area contributed by atoms with Crippen LogP contribution in [-0.4, -0.2) is 57.1 Å². The molecule has 0 amide bonds. The molecule has 120 valence electrons. The van der Waals surface area contributed by atoms with Crippen molar-refractivity contribution >= 4 is 15.9 Å². The molecule has 0 fully saturated rings. The fraction of sp³-hybridized carbons (Fsp3) is 0.647. The molecule has 0 saturated heterocycles. The smallest absolute Gasteiger partial charge is 0.0332 e. The Kier molecular flexibility index (Phi) is 9.16. The third-order valence-electron chi connectivity index (χ3n) is 3.67. The molecule has 0 heterocycles. The number of hydrogen-bond acceptors (Lipinski definition) is 3. The number of nitrogens with zero attached hydrogens (tertiary/aromatic N) is 2. The molecule has 0 bridgehead atoms. The maximum Gasteiger partial charge on any atom is 0.0332 e. The number of halogens is 1. The lowest BCUT2D eigenvalue weighted by Gasteiger charge is -2.23. The van der Waals surface area contributed by atoms with E-state index in [-0.39, 0.29) is 0 Å². The Morgan fingerprint density at radius 1 is 1.05 bits per heavy atom. The van der Waals surface area contributed by atoms with Crippen LogP contribution < -0.4 is 5.32 Å². The van der Waals surface area contributed by atoms with Crippen LogP contribution in [0.3, 0.4) is 0 Å². The molecule has 0 spiro atoms. The highest BCUT2D eigenvalue weighted by atomic mass is 79.9. The van der Waals surface area contributed by atoms with E-state index in [4.69, 9.17) is 0 Å². The first kappa shape index (κ1) is 18.6. The zero-order valence-electron chi connectivity index (χ0n) is 13.9. The van der Waals surface area contributed by atoms with Crippen LogP contribution in [0.5, 0.6) is 0 Å². The standard InChI is InChI=1S/C17H30BrN3/c1-5-19-17(15-7-9-16(18)10-8-15)11-14-21(4)13-6-12-20(2)3/h7-10,17,19H,5-6,11-14H2,1-4H3. The molecular formula is C17H30BrN3. The van der Waals surface area contributed by atoms with Gasteiger partial charge in [-0.2, -0.15) is 0 Å². The number of nitrogens with one attached hydrogen (secondary N) is 1. The predicted octanol–water partition coefficient (Wildman–Crippen LogP) is 3.37. The van der Waals surface area contributed by atoms with Crippen LogP contribution in [0.25, 0.3) is 0 Å². The van der Waals surface area contributed by atoms with Crippen LogP contribution in [0.1, 0.15) is 31.4 Å². The maximum absolute atomic E-state index is 3.60. The van der Waals surface area contributed by atoms with E-state index >= 15 is 0 Å². The van der Waals surface area contributed by atoms with Crippen LogP contribution in [0.4, 0.5) is 0 Å². The van der Waals surface area contributed by atoms with Crippen LogP contribution in [0.2, 0.25) is 0 Å². The first-order valence-electron chi connectivity index (χ1n) is 7.85. The fourth-order valence-electron chi connectivity index (χ4n) is 2.45. The molecule has 21 heavy (non-hydrogen) atoms. The minimum absolute atomic E-state index is 0.444. The van der Waals surface area contributed by atoms with Crippen molar-refractivity contribution in [2.75, 3.05) is 47.3 Å². The minimum atomic E-state index is 0.444. The van der Waals surface area contributed by atoms with Gasteiger partial charge in [0.1, 0.15) is 0 Å². The molecule has 1 aromatic rings. The lowest BCUT2D eigenvalue weighted by Crippen LogP contribution is -2.29. The molecule has 0 aliphatic rings. The van der Waals surface area contributed by atoms with Crippen LogP contribution >= 0.6 is 15.9 Å². The normalized spacial score (nSPS) is 13.1. The average Bonchev–Trinajstić information content (AvgIpc) is 2.44. The highest BCUT2D eigenvalue weighted by Crippen LogP contribution is 2.19. The maximum atomic E-state index is 3.60. The topological polar surface area (TPSA) is 18.5 Å². The summed E-state index contributed by atoms with van der Waals surface area (Å²) in [7, 11) is 6.49. The Labute approximate surface area is 138 Å². The van der Waals surface area contributed by atoms with Gasteiger partial charge < -0.3 is 15.1 Å². The Balaban J connectivity index is 2.42. The molecular weight excluding hydrogens is 326 g/mol. The molecule has 1 N–H and O–H groups in total. The summed E-state index contributed by atoms with van der Waals surface area (Å²) in [5, 5.41) is 3.60. The van der Waals surface area contributed by atoms with Gasteiger partial charge in [0.2, 0.25) is 0 Å². The second-order valence-electron chi connectivity index (χ2n) is 5.91. The molecule has 1 atom stereocenters. The van der Waals surface area contributed by atoms with Gasteiger partial charge in [0, 0.05) is 10.5 Å². The minimum Gasteiger partial charge on any atom is -0.310 e. The van der Waals surface area contributed by atoms with Gasteiger partial charge in [0.05, 0.1) is 0 Å². The van der Waals surface area contributed by atoms with E-state index < -0.39 is 0 Å². The van der Waals surface area contributed by atoms with Gasteiger partial charge in [-0.05, 0) is 77.9 Å². The summed E-state index contributed by atoms with van der Waals surface area (Å²) >= 11 is 3.50. The van der Waals surface area contributed by atoms with Gasteiger partial charge >= 0.3 is 0 Å². The van der Waals surface area contributed by atoms with Gasteiger partial charge in [-0.3, -0.25) is 0 Å². The molecule has 0 aromatic heterocycles. The van der Waals surface area contributed by atoms with E-state index in [2.05, 4.69) is 83.4 Å². The number of benzene rings is 1. The second-order valence-corrected chi connectivity index (χ2v) is 6.83. The summed E-state index contributed by atoms with van der Waals surface area (Å²) in [5.41, 5.74) is 1.38. The van der Waals surface area contributed by atoms with Gasteiger partial charge in [-0.15, -0.1) is 0 Å². The lowest BCUT2D eigenvalue weighted by molar-refractivity contribution is 0.284. The van der Waals surface area contributed by atoms with Gasteiger partial charge in [-0.1, -0.05) is 35.0 Å². The highest BCUT2D eigenvalue weighted by Gasteiger charge is 2.11. The van der Waals surface area contributed by atoms with Crippen LogP contribution in [0, 0.1) is 0 Å². The van der Waals surface area contributed by atoms with Crippen molar-refractivity contribution in [2.45, 2.75) is 25.8 Å². The van der Waals surface area contributed by atoms with E-state index in [0.29, 0.717) is 6.04 Å². The van der Waals surface area contributed by atoms with Crippen molar-refractivity contribution in [1.82, 2.24) is 15.1 Å². The van der Waals surface area contributed by atoms with Crippen molar-refractivity contribution in [3.05, 3.63) is 34.3 Å². The third-order valence-corrected chi connectivity index (χ3v) is 4.20. The fourth-order valence-corrected chi connectivity index (χ4v) is 2.71. The van der Waals surface area contributed by atoms with E-state index in [1.54, 1.807) is 0 Å². The Morgan fingerprint density at radius 2 is 1.71 bits per heavy atom. The lowest BCUT2D eigenvalue weighted by atomic mass is 10.0. The molecule has 1 aromatic carbocycles. The molecule has 0 aliphatic carbocycles. The molecule has 0 aliphatic heterocycles. The van der Waals surface area contributed by atoms with Crippen molar-refractivity contribution in [2.24, 2.45) is 0 Å². The molecule has 1 unspecified atom stereocenters. The molecule has 0 radical (unpaired) electrons. The summed E-state index contributed by atoms with van der Waals surface area (Å²) in [6.07, 6.45) is 2.38. The third kappa shape index (κ3) is 7.96. The van der Waals surface area contributed by atoms with Crippen LogP contribution in [-0.2, 0) is 0 Å². The van der Waals surface area contributed by atoms with E-state index in [0.717, 1.165) is 37.1 Å². The second kappa shape index (κ2) is 10.3. The summed E-state index contributed by atoms with van der Waals surface area (Å²) in [5.74, 6) is 0. The van der Waals surface area contributed by atoms with Crippen molar-refractivity contribution in [3.8, 4) is 0 Å². The molecule has 1 rings (SSSR count). The molecule has 3 nitrogen and oxygen atoms in total. The quantitative estimate of drug-likeness (QED) is 0.693. The summed E-state index contributed by atoms with van der Waals surface area (Å²) < 4.78 is 1.14. The van der Waals surface area contributed by atoms with E-state index in [1.165, 1.54) is 12.0 Å². The molecule has 4 heteroatoms. The van der Waals surface area contributed by atoms with E-state index in [9.17, 15) is 0 Å². The van der Waals surface area contributed by atoms with Crippen molar-refractivity contribution < 1.29 is 0 Å².